The van der Waals surface area contributed by atoms with E-state index in [2.05, 4.69) is 9.47 Å². The van der Waals surface area contributed by atoms with Crippen LogP contribution >= 0.6 is 0 Å². The molecule has 0 heterocycles. The molecular formula is C11H18F6O2. The van der Waals surface area contributed by atoms with Gasteiger partial charge in [0, 0.05) is 5.41 Å². The maximum absolute atomic E-state index is 13.4. The van der Waals surface area contributed by atoms with Crippen LogP contribution in [0.1, 0.15) is 41.5 Å². The minimum Gasteiger partial charge on any atom is -0.290 e. The first-order chi connectivity index (χ1) is 7.91. The molecule has 0 atom stereocenters. The smallest absolute Gasteiger partial charge is 0.290 e. The SMILES string of the molecule is CC(C)(C)OC(F)(F)OC(F)(F)C(F)(F)C(C)(C)C. The van der Waals surface area contributed by atoms with Gasteiger partial charge in [0.1, 0.15) is 0 Å². The summed E-state index contributed by atoms with van der Waals surface area (Å²) in [6.45, 7) is 5.78. The van der Waals surface area contributed by atoms with Crippen LogP contribution in [-0.2, 0) is 9.47 Å². The Kier molecular flexibility index (Phi) is 4.68. The van der Waals surface area contributed by atoms with Crippen molar-refractivity contribution in [2.45, 2.75) is 65.5 Å². The molecule has 0 aliphatic carbocycles. The zero-order valence-electron chi connectivity index (χ0n) is 11.6. The lowest BCUT2D eigenvalue weighted by Crippen LogP contribution is -2.55. The number of alkyl halides is 6. The molecule has 0 saturated heterocycles. The highest BCUT2D eigenvalue weighted by Gasteiger charge is 2.68. The summed E-state index contributed by atoms with van der Waals surface area (Å²) in [5, 5.41) is 0. The number of hydrogen-bond donors (Lipinski definition) is 0. The van der Waals surface area contributed by atoms with Crippen molar-refractivity contribution in [3.05, 3.63) is 0 Å². The van der Waals surface area contributed by atoms with Gasteiger partial charge in [-0.25, -0.2) is 4.74 Å². The van der Waals surface area contributed by atoms with Gasteiger partial charge in [0.05, 0.1) is 5.60 Å². The van der Waals surface area contributed by atoms with Gasteiger partial charge in [0.15, 0.2) is 0 Å². The molecule has 0 radical (unpaired) electrons. The zero-order chi connectivity index (χ0) is 15.9. The number of halogens is 6. The molecule has 0 unspecified atom stereocenters. The second-order valence-corrected chi connectivity index (χ2v) is 6.12. The van der Waals surface area contributed by atoms with Crippen molar-refractivity contribution in [1.29, 1.82) is 0 Å². The Morgan fingerprint density at radius 3 is 1.26 bits per heavy atom. The molecule has 0 N–H and O–H groups in total. The molecule has 116 valence electrons. The van der Waals surface area contributed by atoms with E-state index in [0.717, 1.165) is 41.5 Å². The molecule has 0 bridgehead atoms. The lowest BCUT2D eigenvalue weighted by molar-refractivity contribution is -0.516. The molecular weight excluding hydrogens is 278 g/mol. The van der Waals surface area contributed by atoms with E-state index in [1.54, 1.807) is 0 Å². The molecule has 0 aromatic rings. The minimum atomic E-state index is -5.38. The predicted molar refractivity (Wildman–Crippen MR) is 56.2 cm³/mol. The van der Waals surface area contributed by atoms with Gasteiger partial charge in [-0.15, -0.1) is 8.78 Å². The van der Waals surface area contributed by atoms with Gasteiger partial charge in [-0.3, -0.25) is 4.74 Å². The first kappa shape index (κ1) is 18.5. The van der Waals surface area contributed by atoms with E-state index < -0.39 is 29.3 Å². The highest BCUT2D eigenvalue weighted by molar-refractivity contribution is 4.89. The Balaban J connectivity index is 5.16. The second-order valence-electron chi connectivity index (χ2n) is 6.12. The Labute approximate surface area is 108 Å². The topological polar surface area (TPSA) is 18.5 Å². The highest BCUT2D eigenvalue weighted by atomic mass is 19.3. The van der Waals surface area contributed by atoms with Crippen LogP contribution in [0.3, 0.4) is 0 Å². The molecule has 19 heavy (non-hydrogen) atoms. The molecule has 0 aliphatic rings. The Bertz CT molecular complexity index is 314. The van der Waals surface area contributed by atoms with Gasteiger partial charge in [0.25, 0.3) is 0 Å². The molecule has 0 spiro atoms. The minimum absolute atomic E-state index is 0.785. The average molecular weight is 296 g/mol. The first-order valence-electron chi connectivity index (χ1n) is 5.45. The number of rotatable bonds is 4. The second kappa shape index (κ2) is 4.80. The lowest BCUT2D eigenvalue weighted by Gasteiger charge is -2.37. The van der Waals surface area contributed by atoms with Crippen LogP contribution in [0.5, 0.6) is 0 Å². The van der Waals surface area contributed by atoms with Crippen molar-refractivity contribution >= 4 is 0 Å². The summed E-state index contributed by atoms with van der Waals surface area (Å²) in [5.74, 6) is -4.80. The van der Waals surface area contributed by atoms with Crippen molar-refractivity contribution in [2.24, 2.45) is 5.41 Å². The van der Waals surface area contributed by atoms with Crippen LogP contribution in [0.15, 0.2) is 0 Å². The van der Waals surface area contributed by atoms with E-state index >= 15 is 0 Å². The van der Waals surface area contributed by atoms with Crippen molar-refractivity contribution in [3.63, 3.8) is 0 Å². The van der Waals surface area contributed by atoms with E-state index in [0.29, 0.717) is 0 Å². The Morgan fingerprint density at radius 2 is 1.00 bits per heavy atom. The Hall–Kier alpha value is -0.500. The molecule has 0 aliphatic heterocycles. The summed E-state index contributed by atoms with van der Waals surface area (Å²) < 4.78 is 86.3. The summed E-state index contributed by atoms with van der Waals surface area (Å²) >= 11 is 0. The van der Waals surface area contributed by atoms with Crippen LogP contribution in [0.4, 0.5) is 26.3 Å². The van der Waals surface area contributed by atoms with Gasteiger partial charge in [-0.05, 0) is 20.8 Å². The first-order valence-corrected chi connectivity index (χ1v) is 5.45. The van der Waals surface area contributed by atoms with Crippen LogP contribution in [0, 0.1) is 5.41 Å². The van der Waals surface area contributed by atoms with Gasteiger partial charge < -0.3 is 0 Å². The van der Waals surface area contributed by atoms with E-state index in [1.165, 1.54) is 0 Å². The van der Waals surface area contributed by atoms with Gasteiger partial charge in [0.2, 0.25) is 0 Å². The van der Waals surface area contributed by atoms with E-state index in [1.807, 2.05) is 0 Å². The van der Waals surface area contributed by atoms with E-state index in [4.69, 9.17) is 0 Å². The molecule has 0 saturated carbocycles. The third-order valence-corrected chi connectivity index (χ3v) is 1.98. The third kappa shape index (κ3) is 4.83. The van der Waals surface area contributed by atoms with Crippen molar-refractivity contribution in [1.82, 2.24) is 0 Å². The van der Waals surface area contributed by atoms with Crippen LogP contribution in [0.2, 0.25) is 0 Å². The summed E-state index contributed by atoms with van der Waals surface area (Å²) in [6, 6.07) is 0. The fraction of sp³-hybridized carbons (Fsp3) is 1.00. The molecule has 2 nitrogen and oxygen atoms in total. The van der Waals surface area contributed by atoms with Crippen LogP contribution < -0.4 is 0 Å². The molecule has 0 aromatic heterocycles. The van der Waals surface area contributed by atoms with E-state index in [-0.39, 0.29) is 0 Å². The molecule has 0 fully saturated rings. The fourth-order valence-corrected chi connectivity index (χ4v) is 1.03. The molecule has 0 aromatic carbocycles. The lowest BCUT2D eigenvalue weighted by atomic mass is 9.87. The van der Waals surface area contributed by atoms with Gasteiger partial charge in [-0.1, -0.05) is 20.8 Å². The van der Waals surface area contributed by atoms with Crippen LogP contribution in [0.25, 0.3) is 0 Å². The standard InChI is InChI=1S/C11H18F6O2/c1-7(2,3)9(12,13)10(14,15)19-11(16,17)18-8(4,5)6/h1-6H3. The third-order valence-electron chi connectivity index (χ3n) is 1.98. The normalized spacial score (nSPS) is 15.8. The fourth-order valence-electron chi connectivity index (χ4n) is 1.03. The summed E-state index contributed by atoms with van der Waals surface area (Å²) in [7, 11) is 0. The maximum Gasteiger partial charge on any atom is 0.490 e. The van der Waals surface area contributed by atoms with E-state index in [9.17, 15) is 26.3 Å². The van der Waals surface area contributed by atoms with Crippen molar-refractivity contribution < 1.29 is 35.8 Å². The number of ether oxygens (including phenoxy) is 2. The van der Waals surface area contributed by atoms with Crippen molar-refractivity contribution in [2.75, 3.05) is 0 Å². The van der Waals surface area contributed by atoms with Crippen LogP contribution in [-0.4, -0.2) is 23.9 Å². The van der Waals surface area contributed by atoms with Crippen molar-refractivity contribution in [3.8, 4) is 0 Å². The van der Waals surface area contributed by atoms with Gasteiger partial charge in [-0.2, -0.15) is 17.6 Å². The molecule has 0 rings (SSSR count). The summed E-state index contributed by atoms with van der Waals surface area (Å²) in [4.78, 5) is 0. The Morgan fingerprint density at radius 1 is 0.632 bits per heavy atom. The highest BCUT2D eigenvalue weighted by Crippen LogP contribution is 2.49. The monoisotopic (exact) mass is 296 g/mol. The quantitative estimate of drug-likeness (QED) is 0.555. The zero-order valence-corrected chi connectivity index (χ0v) is 11.6. The largest absolute Gasteiger partial charge is 0.490 e. The summed E-state index contributed by atoms with van der Waals surface area (Å²) in [6.07, 6.45) is -10.2. The van der Waals surface area contributed by atoms with Gasteiger partial charge >= 0.3 is 18.3 Å². The predicted octanol–water partition coefficient (Wildman–Crippen LogP) is 4.64. The number of hydrogen-bond acceptors (Lipinski definition) is 2. The molecule has 0 amide bonds. The summed E-state index contributed by atoms with van der Waals surface area (Å²) in [5.41, 5.74) is -3.81. The average Bonchev–Trinajstić information content (AvgIpc) is 1.92. The maximum atomic E-state index is 13.4. The molecule has 8 heteroatoms.